The van der Waals surface area contributed by atoms with Crippen LogP contribution in [0.25, 0.3) is 0 Å². The largest absolute Gasteiger partial charge is 0.481 e. The lowest BCUT2D eigenvalue weighted by Crippen LogP contribution is -2.45. The van der Waals surface area contributed by atoms with Crippen LogP contribution in [0.3, 0.4) is 0 Å². The second kappa shape index (κ2) is 8.97. The van der Waals surface area contributed by atoms with Crippen LogP contribution in [0.2, 0.25) is 0 Å². The number of carbonyl (C=O) groups is 2. The minimum absolute atomic E-state index is 0.0241. The average Bonchev–Trinajstić information content (AvgIpc) is 2.60. The van der Waals surface area contributed by atoms with Crippen LogP contribution in [0.5, 0.6) is 5.75 Å². The molecule has 5 nitrogen and oxygen atoms in total. The van der Waals surface area contributed by atoms with Crippen LogP contribution in [-0.2, 0) is 9.59 Å². The van der Waals surface area contributed by atoms with E-state index in [0.717, 1.165) is 24.3 Å². The molecule has 0 radical (unpaired) electrons. The van der Waals surface area contributed by atoms with Gasteiger partial charge < -0.3 is 14.7 Å². The van der Waals surface area contributed by atoms with Crippen molar-refractivity contribution in [1.29, 1.82) is 0 Å². The molecule has 1 aliphatic heterocycles. The fourth-order valence-corrected chi connectivity index (χ4v) is 3.40. The van der Waals surface area contributed by atoms with Crippen molar-refractivity contribution >= 4 is 23.6 Å². The first kappa shape index (κ1) is 18.6. The van der Waals surface area contributed by atoms with Crippen LogP contribution in [0, 0.1) is 5.92 Å². The SMILES string of the molecule is CSc1ccc(OC(C)C(=O)N2CCCC(CCC(=O)O)C2)cc1. The molecule has 0 saturated carbocycles. The first-order chi connectivity index (χ1) is 11.5. The fraction of sp³-hybridized carbons (Fsp3) is 0.556. The van der Waals surface area contributed by atoms with Crippen molar-refractivity contribution in [2.75, 3.05) is 19.3 Å². The predicted octanol–water partition coefficient (Wildman–Crippen LogP) is 3.28. The van der Waals surface area contributed by atoms with Gasteiger partial charge in [0.1, 0.15) is 5.75 Å². The Balaban J connectivity index is 1.87. The summed E-state index contributed by atoms with van der Waals surface area (Å²) >= 11 is 1.66. The topological polar surface area (TPSA) is 66.8 Å². The maximum atomic E-state index is 12.6. The number of ether oxygens (including phenoxy) is 1. The van der Waals surface area contributed by atoms with E-state index < -0.39 is 12.1 Å². The van der Waals surface area contributed by atoms with E-state index in [1.54, 1.807) is 18.7 Å². The zero-order valence-corrected chi connectivity index (χ0v) is 15.1. The third-order valence-electron chi connectivity index (χ3n) is 4.32. The number of aliphatic carboxylic acids is 1. The van der Waals surface area contributed by atoms with Gasteiger partial charge in [-0.25, -0.2) is 0 Å². The number of carbonyl (C=O) groups excluding carboxylic acids is 1. The molecule has 2 atom stereocenters. The molecule has 0 bridgehead atoms. The Kier molecular flexibility index (Phi) is 6.97. The number of nitrogens with zero attached hydrogens (tertiary/aromatic N) is 1. The number of rotatable bonds is 7. The van der Waals surface area contributed by atoms with Crippen molar-refractivity contribution in [2.24, 2.45) is 5.92 Å². The number of carboxylic acids is 1. The second-order valence-corrected chi connectivity index (χ2v) is 7.04. The molecule has 1 saturated heterocycles. The molecule has 1 aliphatic rings. The molecule has 1 aromatic rings. The van der Waals surface area contributed by atoms with Crippen molar-refractivity contribution < 1.29 is 19.4 Å². The van der Waals surface area contributed by atoms with Gasteiger partial charge in [0.2, 0.25) is 0 Å². The van der Waals surface area contributed by atoms with Gasteiger partial charge in [0, 0.05) is 24.4 Å². The van der Waals surface area contributed by atoms with Gasteiger partial charge in [-0.2, -0.15) is 0 Å². The highest BCUT2D eigenvalue weighted by atomic mass is 32.2. The van der Waals surface area contributed by atoms with Crippen molar-refractivity contribution in [2.45, 2.75) is 43.6 Å². The number of hydrogen-bond donors (Lipinski definition) is 1. The lowest BCUT2D eigenvalue weighted by atomic mass is 9.93. The summed E-state index contributed by atoms with van der Waals surface area (Å²) in [5, 5.41) is 8.81. The standard InChI is InChI=1S/C18H25NO4S/c1-13(23-15-6-8-16(24-2)9-7-15)18(22)19-11-3-4-14(12-19)5-10-17(20)21/h6-9,13-14H,3-5,10-12H2,1-2H3,(H,20,21). The van der Waals surface area contributed by atoms with E-state index in [1.165, 1.54) is 0 Å². The average molecular weight is 351 g/mol. The van der Waals surface area contributed by atoms with Gasteiger partial charge in [0.15, 0.2) is 6.10 Å². The first-order valence-electron chi connectivity index (χ1n) is 8.31. The van der Waals surface area contributed by atoms with Crippen LogP contribution in [0.15, 0.2) is 29.2 Å². The van der Waals surface area contributed by atoms with E-state index >= 15 is 0 Å². The Bertz CT molecular complexity index is 561. The molecule has 2 unspecified atom stereocenters. The summed E-state index contributed by atoms with van der Waals surface area (Å²) in [6.07, 6.45) is 4.18. The highest BCUT2D eigenvalue weighted by Gasteiger charge is 2.28. The Morgan fingerprint density at radius 2 is 2.08 bits per heavy atom. The number of thioether (sulfide) groups is 1. The molecule has 24 heavy (non-hydrogen) atoms. The summed E-state index contributed by atoms with van der Waals surface area (Å²) in [5.74, 6) is 0.160. The zero-order chi connectivity index (χ0) is 17.5. The minimum Gasteiger partial charge on any atom is -0.481 e. The number of piperidine rings is 1. The summed E-state index contributed by atoms with van der Waals surface area (Å²) < 4.78 is 5.77. The molecule has 1 amide bonds. The Labute approximate surface area is 147 Å². The molecule has 2 rings (SSSR count). The maximum absolute atomic E-state index is 12.6. The third kappa shape index (κ3) is 5.44. The van der Waals surface area contributed by atoms with Gasteiger partial charge >= 0.3 is 5.97 Å². The molecule has 1 aromatic carbocycles. The van der Waals surface area contributed by atoms with E-state index in [-0.39, 0.29) is 18.2 Å². The predicted molar refractivity (Wildman–Crippen MR) is 94.5 cm³/mol. The Morgan fingerprint density at radius 3 is 2.71 bits per heavy atom. The second-order valence-electron chi connectivity index (χ2n) is 6.16. The molecule has 0 spiro atoms. The van der Waals surface area contributed by atoms with Gasteiger partial charge in [-0.1, -0.05) is 0 Å². The van der Waals surface area contributed by atoms with Gasteiger partial charge in [0.25, 0.3) is 5.91 Å². The summed E-state index contributed by atoms with van der Waals surface area (Å²) in [6.45, 7) is 3.12. The van der Waals surface area contributed by atoms with Crippen molar-refractivity contribution in [3.8, 4) is 5.75 Å². The van der Waals surface area contributed by atoms with E-state index in [0.29, 0.717) is 18.7 Å². The van der Waals surface area contributed by atoms with Crippen LogP contribution in [0.1, 0.15) is 32.6 Å². The number of hydrogen-bond acceptors (Lipinski definition) is 4. The Hall–Kier alpha value is -1.69. The van der Waals surface area contributed by atoms with E-state index in [4.69, 9.17) is 9.84 Å². The molecule has 6 heteroatoms. The smallest absolute Gasteiger partial charge is 0.303 e. The quantitative estimate of drug-likeness (QED) is 0.764. The normalized spacial score (nSPS) is 18.9. The molecular weight excluding hydrogens is 326 g/mol. The highest BCUT2D eigenvalue weighted by Crippen LogP contribution is 2.23. The van der Waals surface area contributed by atoms with Gasteiger partial charge in [0.05, 0.1) is 0 Å². The molecule has 132 valence electrons. The number of likely N-dealkylation sites (tertiary alicyclic amines) is 1. The molecular formula is C18H25NO4S. The van der Waals surface area contributed by atoms with Crippen molar-refractivity contribution in [3.63, 3.8) is 0 Å². The number of amides is 1. The van der Waals surface area contributed by atoms with Crippen LogP contribution >= 0.6 is 11.8 Å². The zero-order valence-electron chi connectivity index (χ0n) is 14.2. The van der Waals surface area contributed by atoms with E-state index in [9.17, 15) is 9.59 Å². The highest BCUT2D eigenvalue weighted by molar-refractivity contribution is 7.98. The van der Waals surface area contributed by atoms with Crippen molar-refractivity contribution in [3.05, 3.63) is 24.3 Å². The lowest BCUT2D eigenvalue weighted by molar-refractivity contribution is -0.140. The van der Waals surface area contributed by atoms with Crippen LogP contribution < -0.4 is 4.74 Å². The first-order valence-corrected chi connectivity index (χ1v) is 9.53. The number of carboxylic acid groups (broad SMARTS) is 1. The number of benzene rings is 1. The summed E-state index contributed by atoms with van der Waals surface area (Å²) in [4.78, 5) is 26.3. The van der Waals surface area contributed by atoms with Crippen LogP contribution in [0.4, 0.5) is 0 Å². The summed E-state index contributed by atoms with van der Waals surface area (Å²) in [7, 11) is 0. The fourth-order valence-electron chi connectivity index (χ4n) is 2.99. The molecule has 1 heterocycles. The monoisotopic (exact) mass is 351 g/mol. The summed E-state index contributed by atoms with van der Waals surface area (Å²) in [6, 6.07) is 7.70. The van der Waals surface area contributed by atoms with Crippen LogP contribution in [-0.4, -0.2) is 47.3 Å². The molecule has 1 N–H and O–H groups in total. The molecule has 0 aromatic heterocycles. The van der Waals surface area contributed by atoms with Gasteiger partial charge in [-0.15, -0.1) is 11.8 Å². The maximum Gasteiger partial charge on any atom is 0.303 e. The van der Waals surface area contributed by atoms with E-state index in [2.05, 4.69) is 0 Å². The molecule has 1 fully saturated rings. The third-order valence-corrected chi connectivity index (χ3v) is 5.06. The van der Waals surface area contributed by atoms with E-state index in [1.807, 2.05) is 35.4 Å². The molecule has 0 aliphatic carbocycles. The Morgan fingerprint density at radius 1 is 1.38 bits per heavy atom. The van der Waals surface area contributed by atoms with Gasteiger partial charge in [-0.05, 0) is 62.6 Å². The van der Waals surface area contributed by atoms with Gasteiger partial charge in [-0.3, -0.25) is 9.59 Å². The lowest BCUT2D eigenvalue weighted by Gasteiger charge is -2.34. The van der Waals surface area contributed by atoms with Crippen molar-refractivity contribution in [1.82, 2.24) is 4.90 Å². The summed E-state index contributed by atoms with van der Waals surface area (Å²) in [5.41, 5.74) is 0. The minimum atomic E-state index is -0.774.